The molecule has 0 heterocycles. The zero-order chi connectivity index (χ0) is 20.9. The van der Waals surface area contributed by atoms with Gasteiger partial charge in [-0.1, -0.05) is 51.1 Å². The molecule has 0 aliphatic carbocycles. The Morgan fingerprint density at radius 3 is 2.15 bits per heavy atom. The fourth-order valence-corrected chi connectivity index (χ4v) is 2.99. The second-order valence-electron chi connectivity index (χ2n) is 7.69. The van der Waals surface area contributed by atoms with E-state index in [-0.39, 0.29) is 18.3 Å². The van der Waals surface area contributed by atoms with Crippen LogP contribution in [0.15, 0.2) is 35.3 Å². The minimum atomic E-state index is -4.91. The molecule has 0 saturated heterocycles. The predicted molar refractivity (Wildman–Crippen MR) is 102 cm³/mol. The van der Waals surface area contributed by atoms with Crippen LogP contribution in [0.25, 0.3) is 0 Å². The summed E-state index contributed by atoms with van der Waals surface area (Å²) in [6.45, 7) is 11.4. The highest BCUT2D eigenvalue weighted by Gasteiger charge is 2.43. The standard InChI is InChI=1S/C19H28F3NO3Si/c1-7-25-17(24)16(19(20,21)22)23-15(14-11-9-8-10-12-14)13-26-27(5,6)18(2,3)4/h8-12,15H,7,13H2,1-6H3/t15-/m0/s1. The van der Waals surface area contributed by atoms with Crippen LogP contribution < -0.4 is 0 Å². The molecule has 1 atom stereocenters. The SMILES string of the molecule is CCOC(=O)C(=N[C@@H](CO[Si](C)(C)C(C)(C)C)c1ccccc1)C(F)(F)F. The fraction of sp³-hybridized carbons (Fsp3) is 0.579. The molecule has 0 aromatic heterocycles. The monoisotopic (exact) mass is 403 g/mol. The first-order valence-corrected chi connectivity index (χ1v) is 11.7. The summed E-state index contributed by atoms with van der Waals surface area (Å²) in [5.74, 6) is -1.47. The number of hydrogen-bond acceptors (Lipinski definition) is 4. The van der Waals surface area contributed by atoms with Gasteiger partial charge in [0.2, 0.25) is 5.71 Å². The van der Waals surface area contributed by atoms with Crippen molar-refractivity contribution in [3.8, 4) is 0 Å². The third kappa shape index (κ3) is 6.77. The maximum Gasteiger partial charge on any atom is 0.440 e. The molecule has 27 heavy (non-hydrogen) atoms. The number of ether oxygens (including phenoxy) is 1. The highest BCUT2D eigenvalue weighted by atomic mass is 28.4. The van der Waals surface area contributed by atoms with Crippen molar-refractivity contribution in [3.63, 3.8) is 0 Å². The molecule has 0 N–H and O–H groups in total. The molecule has 0 fully saturated rings. The Kier molecular flexibility index (Phi) is 7.80. The van der Waals surface area contributed by atoms with Crippen molar-refractivity contribution >= 4 is 20.0 Å². The third-order valence-electron chi connectivity index (χ3n) is 4.61. The van der Waals surface area contributed by atoms with Crippen molar-refractivity contribution in [2.45, 2.75) is 58.0 Å². The van der Waals surface area contributed by atoms with Gasteiger partial charge in [0.25, 0.3) is 0 Å². The summed E-state index contributed by atoms with van der Waals surface area (Å²) >= 11 is 0. The van der Waals surface area contributed by atoms with Gasteiger partial charge < -0.3 is 9.16 Å². The summed E-state index contributed by atoms with van der Waals surface area (Å²) in [6.07, 6.45) is -4.91. The van der Waals surface area contributed by atoms with Gasteiger partial charge in [-0.15, -0.1) is 0 Å². The summed E-state index contributed by atoms with van der Waals surface area (Å²) in [5.41, 5.74) is -1.00. The van der Waals surface area contributed by atoms with E-state index in [0.29, 0.717) is 5.56 Å². The number of rotatable bonds is 7. The fourth-order valence-electron chi connectivity index (χ4n) is 1.98. The van der Waals surface area contributed by atoms with Crippen molar-refractivity contribution in [1.29, 1.82) is 0 Å². The number of nitrogens with zero attached hydrogens (tertiary/aromatic N) is 1. The van der Waals surface area contributed by atoms with Crippen LogP contribution in [-0.4, -0.2) is 39.4 Å². The largest absolute Gasteiger partial charge is 0.461 e. The summed E-state index contributed by atoms with van der Waals surface area (Å²) in [7, 11) is -2.21. The Morgan fingerprint density at radius 2 is 1.70 bits per heavy atom. The Morgan fingerprint density at radius 1 is 1.15 bits per heavy atom. The van der Waals surface area contributed by atoms with Gasteiger partial charge >= 0.3 is 12.1 Å². The van der Waals surface area contributed by atoms with E-state index < -0.39 is 32.2 Å². The predicted octanol–water partition coefficient (Wildman–Crippen LogP) is 5.32. The van der Waals surface area contributed by atoms with Crippen LogP contribution >= 0.6 is 0 Å². The van der Waals surface area contributed by atoms with Gasteiger partial charge in [-0.25, -0.2) is 4.79 Å². The minimum Gasteiger partial charge on any atom is -0.461 e. The molecular formula is C19H28F3NO3Si. The minimum absolute atomic E-state index is 0.0422. The molecule has 0 bridgehead atoms. The molecular weight excluding hydrogens is 375 g/mol. The number of alkyl halides is 3. The van der Waals surface area contributed by atoms with Crippen LogP contribution in [0.4, 0.5) is 13.2 Å². The number of carbonyl (C=O) groups is 1. The van der Waals surface area contributed by atoms with E-state index in [1.54, 1.807) is 30.3 Å². The van der Waals surface area contributed by atoms with Crippen LogP contribution in [0.5, 0.6) is 0 Å². The topological polar surface area (TPSA) is 47.9 Å². The lowest BCUT2D eigenvalue weighted by molar-refractivity contribution is -0.139. The molecule has 1 aromatic carbocycles. The Labute approximate surface area is 159 Å². The second kappa shape index (κ2) is 9.01. The Hall–Kier alpha value is -1.67. The zero-order valence-corrected chi connectivity index (χ0v) is 17.7. The number of hydrogen-bond donors (Lipinski definition) is 0. The van der Waals surface area contributed by atoms with Gasteiger partial charge in [-0.3, -0.25) is 4.99 Å². The normalized spacial score (nSPS) is 14.8. The number of carbonyl (C=O) groups excluding carboxylic acids is 1. The van der Waals surface area contributed by atoms with E-state index in [9.17, 15) is 18.0 Å². The van der Waals surface area contributed by atoms with E-state index in [0.717, 1.165) is 0 Å². The number of benzene rings is 1. The van der Waals surface area contributed by atoms with Gasteiger partial charge in [0.15, 0.2) is 8.32 Å². The van der Waals surface area contributed by atoms with E-state index in [2.05, 4.69) is 9.73 Å². The lowest BCUT2D eigenvalue weighted by Gasteiger charge is -2.37. The Balaban J connectivity index is 3.27. The van der Waals surface area contributed by atoms with Gasteiger partial charge in [0.1, 0.15) is 0 Å². The Bertz CT molecular complexity index is 652. The molecule has 0 aliphatic heterocycles. The molecule has 4 nitrogen and oxygen atoms in total. The molecule has 0 spiro atoms. The van der Waals surface area contributed by atoms with Crippen molar-refractivity contribution in [3.05, 3.63) is 35.9 Å². The average molecular weight is 404 g/mol. The van der Waals surface area contributed by atoms with Crippen LogP contribution in [0.3, 0.4) is 0 Å². The number of esters is 1. The number of halogens is 3. The van der Waals surface area contributed by atoms with E-state index in [1.807, 2.05) is 33.9 Å². The van der Waals surface area contributed by atoms with Crippen molar-refractivity contribution < 1.29 is 27.1 Å². The first-order chi connectivity index (χ1) is 12.3. The van der Waals surface area contributed by atoms with Crippen LogP contribution in [0.2, 0.25) is 18.1 Å². The molecule has 1 rings (SSSR count). The smallest absolute Gasteiger partial charge is 0.440 e. The van der Waals surface area contributed by atoms with Crippen LogP contribution in [0.1, 0.15) is 39.3 Å². The summed E-state index contributed by atoms with van der Waals surface area (Å²) in [5, 5.41) is -0.105. The zero-order valence-electron chi connectivity index (χ0n) is 16.7. The van der Waals surface area contributed by atoms with E-state index >= 15 is 0 Å². The van der Waals surface area contributed by atoms with Gasteiger partial charge in [-0.2, -0.15) is 13.2 Å². The highest BCUT2D eigenvalue weighted by Crippen LogP contribution is 2.37. The molecule has 0 saturated carbocycles. The van der Waals surface area contributed by atoms with Crippen LogP contribution in [0, 0.1) is 0 Å². The van der Waals surface area contributed by atoms with Crippen molar-refractivity contribution in [2.75, 3.05) is 13.2 Å². The highest BCUT2D eigenvalue weighted by molar-refractivity contribution is 6.74. The lowest BCUT2D eigenvalue weighted by atomic mass is 10.1. The molecule has 0 aliphatic rings. The van der Waals surface area contributed by atoms with Crippen molar-refractivity contribution in [2.24, 2.45) is 4.99 Å². The van der Waals surface area contributed by atoms with Gasteiger partial charge in [0.05, 0.1) is 19.3 Å². The summed E-state index contributed by atoms with van der Waals surface area (Å²) < 4.78 is 50.7. The van der Waals surface area contributed by atoms with Gasteiger partial charge in [0, 0.05) is 0 Å². The van der Waals surface area contributed by atoms with Crippen LogP contribution in [-0.2, 0) is 14.0 Å². The second-order valence-corrected chi connectivity index (χ2v) is 12.5. The molecule has 8 heteroatoms. The molecule has 0 unspecified atom stereocenters. The quantitative estimate of drug-likeness (QED) is 0.352. The van der Waals surface area contributed by atoms with E-state index in [4.69, 9.17) is 4.43 Å². The van der Waals surface area contributed by atoms with E-state index in [1.165, 1.54) is 6.92 Å². The molecule has 1 aromatic rings. The first-order valence-electron chi connectivity index (χ1n) is 8.80. The maximum absolute atomic E-state index is 13.4. The number of aliphatic imine (C=N–C) groups is 1. The van der Waals surface area contributed by atoms with Crippen molar-refractivity contribution in [1.82, 2.24) is 0 Å². The lowest BCUT2D eigenvalue weighted by Crippen LogP contribution is -2.42. The molecule has 152 valence electrons. The third-order valence-corrected chi connectivity index (χ3v) is 9.12. The summed E-state index contributed by atoms with van der Waals surface area (Å²) in [6, 6.07) is 7.56. The summed E-state index contributed by atoms with van der Waals surface area (Å²) in [4.78, 5) is 15.5. The first kappa shape index (κ1) is 23.4. The maximum atomic E-state index is 13.4. The molecule has 0 radical (unpaired) electrons. The average Bonchev–Trinajstić information content (AvgIpc) is 2.53. The van der Waals surface area contributed by atoms with Gasteiger partial charge in [-0.05, 0) is 30.6 Å². The molecule has 0 amide bonds.